The van der Waals surface area contributed by atoms with Crippen LogP contribution in [0.25, 0.3) is 0 Å². The zero-order valence-electron chi connectivity index (χ0n) is 9.25. The van der Waals surface area contributed by atoms with Crippen LogP contribution in [-0.2, 0) is 6.42 Å². The van der Waals surface area contributed by atoms with Gasteiger partial charge in [0.2, 0.25) is 0 Å². The molecular formula is C10H12N2O5. The summed E-state index contributed by atoms with van der Waals surface area (Å²) in [7, 11) is 0. The van der Waals surface area contributed by atoms with Crippen LogP contribution < -0.4 is 0 Å². The average molecular weight is 240 g/mol. The molecule has 0 saturated heterocycles. The van der Waals surface area contributed by atoms with E-state index in [4.69, 9.17) is 0 Å². The van der Waals surface area contributed by atoms with Crippen LogP contribution in [0.15, 0.2) is 12.1 Å². The van der Waals surface area contributed by atoms with Gasteiger partial charge in [0, 0.05) is 6.07 Å². The number of rotatable bonds is 5. The second-order valence-electron chi connectivity index (χ2n) is 3.55. The summed E-state index contributed by atoms with van der Waals surface area (Å²) in [5.74, 6) is -0.268. The number of phenols is 1. The molecule has 0 spiro atoms. The number of nitrogens with zero attached hydrogens (tertiary/aromatic N) is 2. The number of hydrogen-bond acceptors (Lipinski definition) is 5. The van der Waals surface area contributed by atoms with Gasteiger partial charge in [0.05, 0.1) is 15.4 Å². The monoisotopic (exact) mass is 240 g/mol. The zero-order valence-corrected chi connectivity index (χ0v) is 9.25. The highest BCUT2D eigenvalue weighted by molar-refractivity contribution is 5.62. The molecule has 1 N–H and O–H groups in total. The van der Waals surface area contributed by atoms with E-state index in [1.165, 1.54) is 0 Å². The lowest BCUT2D eigenvalue weighted by molar-refractivity contribution is -0.423. The van der Waals surface area contributed by atoms with Crippen molar-refractivity contribution in [1.29, 1.82) is 0 Å². The van der Waals surface area contributed by atoms with Crippen molar-refractivity contribution < 1.29 is 15.0 Å². The molecule has 17 heavy (non-hydrogen) atoms. The third-order valence-electron chi connectivity index (χ3n) is 2.40. The molecule has 0 saturated carbocycles. The third kappa shape index (κ3) is 2.68. The highest BCUT2D eigenvalue weighted by Crippen LogP contribution is 2.37. The van der Waals surface area contributed by atoms with Crippen molar-refractivity contribution >= 4 is 11.4 Å². The maximum absolute atomic E-state index is 10.9. The van der Waals surface area contributed by atoms with Gasteiger partial charge in [-0.05, 0) is 18.9 Å². The number of nitro benzene ring substituents is 2. The predicted octanol–water partition coefficient (Wildman–Crippen LogP) is 2.55. The molecule has 92 valence electrons. The molecule has 0 unspecified atom stereocenters. The SMILES string of the molecule is CCCCc1c(O)ccc([N+](=O)[O-])c1[N+](=O)[O-]. The minimum absolute atomic E-state index is 0.0334. The standard InChI is InChI=1S/C10H12N2O5/c1-2-3-4-7-9(13)6-5-8(11(14)15)10(7)12(16)17/h5-6,13H,2-4H2,1H3. The van der Waals surface area contributed by atoms with Crippen molar-refractivity contribution in [1.82, 2.24) is 0 Å². The van der Waals surface area contributed by atoms with Crippen molar-refractivity contribution in [3.63, 3.8) is 0 Å². The van der Waals surface area contributed by atoms with Crippen LogP contribution in [0.5, 0.6) is 5.75 Å². The van der Waals surface area contributed by atoms with Crippen LogP contribution in [0.4, 0.5) is 11.4 Å². The second kappa shape index (κ2) is 5.24. The first-order chi connectivity index (χ1) is 7.99. The number of unbranched alkanes of at least 4 members (excludes halogenated alkanes) is 1. The first kappa shape index (κ1) is 12.9. The Morgan fingerprint density at radius 1 is 1.24 bits per heavy atom. The van der Waals surface area contributed by atoms with Crippen molar-refractivity contribution in [3.05, 3.63) is 37.9 Å². The first-order valence-corrected chi connectivity index (χ1v) is 5.12. The fraction of sp³-hybridized carbons (Fsp3) is 0.400. The second-order valence-corrected chi connectivity index (χ2v) is 3.55. The number of benzene rings is 1. The number of aromatic hydroxyl groups is 1. The molecule has 1 aromatic carbocycles. The minimum Gasteiger partial charge on any atom is -0.507 e. The summed E-state index contributed by atoms with van der Waals surface area (Å²) in [6.07, 6.45) is 1.65. The lowest BCUT2D eigenvalue weighted by Gasteiger charge is -2.05. The van der Waals surface area contributed by atoms with Gasteiger partial charge in [-0.1, -0.05) is 13.3 Å². The fourth-order valence-electron chi connectivity index (χ4n) is 1.56. The quantitative estimate of drug-likeness (QED) is 0.628. The highest BCUT2D eigenvalue weighted by atomic mass is 16.6. The van der Waals surface area contributed by atoms with E-state index < -0.39 is 21.2 Å². The Hall–Kier alpha value is -2.18. The van der Waals surface area contributed by atoms with Crippen LogP contribution in [-0.4, -0.2) is 15.0 Å². The maximum Gasteiger partial charge on any atom is 0.352 e. The molecule has 0 radical (unpaired) electrons. The van der Waals surface area contributed by atoms with E-state index >= 15 is 0 Å². The van der Waals surface area contributed by atoms with Gasteiger partial charge < -0.3 is 5.11 Å². The van der Waals surface area contributed by atoms with E-state index in [2.05, 4.69) is 0 Å². The Morgan fingerprint density at radius 2 is 1.88 bits per heavy atom. The summed E-state index contributed by atoms with van der Waals surface area (Å²) in [5, 5.41) is 31.1. The van der Waals surface area contributed by atoms with Gasteiger partial charge in [-0.2, -0.15) is 0 Å². The Labute approximate surface area is 97.0 Å². The lowest BCUT2D eigenvalue weighted by Crippen LogP contribution is -2.01. The van der Waals surface area contributed by atoms with Gasteiger partial charge in [0.25, 0.3) is 0 Å². The highest BCUT2D eigenvalue weighted by Gasteiger charge is 2.30. The van der Waals surface area contributed by atoms with E-state index in [9.17, 15) is 25.3 Å². The van der Waals surface area contributed by atoms with Crippen molar-refractivity contribution in [2.45, 2.75) is 26.2 Å². The Balaban J connectivity index is 3.37. The summed E-state index contributed by atoms with van der Waals surface area (Å²) in [6.45, 7) is 1.89. The van der Waals surface area contributed by atoms with Crippen LogP contribution in [0.3, 0.4) is 0 Å². The molecule has 0 aliphatic rings. The zero-order chi connectivity index (χ0) is 13.0. The summed E-state index contributed by atoms with van der Waals surface area (Å²) in [4.78, 5) is 19.9. The van der Waals surface area contributed by atoms with Crippen molar-refractivity contribution in [2.75, 3.05) is 0 Å². The smallest absolute Gasteiger partial charge is 0.352 e. The summed E-state index contributed by atoms with van der Waals surface area (Å²) in [5.41, 5.74) is -1.16. The van der Waals surface area contributed by atoms with Gasteiger partial charge >= 0.3 is 11.4 Å². The molecule has 1 rings (SSSR count). The third-order valence-corrected chi connectivity index (χ3v) is 2.40. The molecule has 0 aliphatic heterocycles. The van der Waals surface area contributed by atoms with E-state index in [1.807, 2.05) is 6.92 Å². The van der Waals surface area contributed by atoms with E-state index in [-0.39, 0.29) is 17.7 Å². The Kier molecular flexibility index (Phi) is 3.97. The summed E-state index contributed by atoms with van der Waals surface area (Å²) in [6, 6.07) is 2.07. The topological polar surface area (TPSA) is 107 Å². The summed E-state index contributed by atoms with van der Waals surface area (Å²) < 4.78 is 0. The molecule has 0 amide bonds. The average Bonchev–Trinajstić information content (AvgIpc) is 2.26. The van der Waals surface area contributed by atoms with Crippen molar-refractivity contribution in [3.8, 4) is 5.75 Å². The molecule has 7 heteroatoms. The Morgan fingerprint density at radius 3 is 2.35 bits per heavy atom. The van der Waals surface area contributed by atoms with Crippen LogP contribution in [0, 0.1) is 20.2 Å². The van der Waals surface area contributed by atoms with Gasteiger partial charge in [-0.3, -0.25) is 20.2 Å². The number of nitro groups is 2. The number of phenolic OH excluding ortho intramolecular Hbond substituents is 1. The van der Waals surface area contributed by atoms with E-state index in [0.29, 0.717) is 6.42 Å². The van der Waals surface area contributed by atoms with Gasteiger partial charge in [-0.25, -0.2) is 0 Å². The van der Waals surface area contributed by atoms with Crippen LogP contribution in [0.2, 0.25) is 0 Å². The van der Waals surface area contributed by atoms with Crippen LogP contribution >= 0.6 is 0 Å². The lowest BCUT2D eigenvalue weighted by atomic mass is 10.0. The maximum atomic E-state index is 10.9. The van der Waals surface area contributed by atoms with E-state index in [1.54, 1.807) is 0 Å². The molecule has 0 atom stereocenters. The predicted molar refractivity (Wildman–Crippen MR) is 60.0 cm³/mol. The fourth-order valence-corrected chi connectivity index (χ4v) is 1.56. The van der Waals surface area contributed by atoms with E-state index in [0.717, 1.165) is 18.6 Å². The molecule has 0 bridgehead atoms. The van der Waals surface area contributed by atoms with Gasteiger partial charge in [0.15, 0.2) is 0 Å². The van der Waals surface area contributed by atoms with Crippen molar-refractivity contribution in [2.24, 2.45) is 0 Å². The van der Waals surface area contributed by atoms with Gasteiger partial charge in [-0.15, -0.1) is 0 Å². The van der Waals surface area contributed by atoms with Gasteiger partial charge in [0.1, 0.15) is 5.75 Å². The largest absolute Gasteiger partial charge is 0.507 e. The summed E-state index contributed by atoms with van der Waals surface area (Å²) >= 11 is 0. The molecule has 7 nitrogen and oxygen atoms in total. The first-order valence-electron chi connectivity index (χ1n) is 5.12. The molecule has 0 aromatic heterocycles. The molecular weight excluding hydrogens is 228 g/mol. The Bertz CT molecular complexity index is 458. The molecule has 1 aromatic rings. The minimum atomic E-state index is -0.817. The molecule has 0 fully saturated rings. The molecule has 0 heterocycles. The normalized spacial score (nSPS) is 10.2. The number of hydrogen-bond donors (Lipinski definition) is 1. The van der Waals surface area contributed by atoms with Crippen LogP contribution in [0.1, 0.15) is 25.3 Å². The molecule has 0 aliphatic carbocycles.